The van der Waals surface area contributed by atoms with Crippen molar-refractivity contribution in [2.45, 2.75) is 6.18 Å². The van der Waals surface area contributed by atoms with Crippen LogP contribution < -0.4 is 10.6 Å². The monoisotopic (exact) mass is 501 g/mol. The number of alkyl halides is 3. The highest BCUT2D eigenvalue weighted by Crippen LogP contribution is 2.31. The SMILES string of the molecule is O=C(Nc1cccc(C(F)(F)F)c1)c1cc(Cl)cc(NC(=O)c2cncc(-c3cccs3)c2)c1. The van der Waals surface area contributed by atoms with Crippen LogP contribution in [0.15, 0.2) is 78.4 Å². The van der Waals surface area contributed by atoms with E-state index in [0.717, 1.165) is 22.6 Å². The van der Waals surface area contributed by atoms with Gasteiger partial charge in [0.05, 0.1) is 11.1 Å². The first-order chi connectivity index (χ1) is 16.2. The fourth-order valence-electron chi connectivity index (χ4n) is 3.11. The van der Waals surface area contributed by atoms with E-state index in [9.17, 15) is 22.8 Å². The minimum Gasteiger partial charge on any atom is -0.322 e. The van der Waals surface area contributed by atoms with Crippen molar-refractivity contribution in [2.75, 3.05) is 10.6 Å². The standard InChI is InChI=1S/C24H15ClF3N3O2S/c25-18-8-14(22(32)30-19-4-1-3-17(10-19)24(26,27)28)9-20(11-18)31-23(33)16-7-15(12-29-13-16)21-5-2-6-34-21/h1-13H,(H,30,32)(H,31,33). The van der Waals surface area contributed by atoms with Crippen LogP contribution in [0.1, 0.15) is 26.3 Å². The fraction of sp³-hybridized carbons (Fsp3) is 0.0417. The van der Waals surface area contributed by atoms with E-state index in [-0.39, 0.29) is 22.0 Å². The molecule has 10 heteroatoms. The smallest absolute Gasteiger partial charge is 0.322 e. The van der Waals surface area contributed by atoms with E-state index < -0.39 is 23.6 Å². The second kappa shape index (κ2) is 9.66. The summed E-state index contributed by atoms with van der Waals surface area (Å²) in [4.78, 5) is 30.5. The van der Waals surface area contributed by atoms with E-state index in [2.05, 4.69) is 15.6 Å². The normalized spacial score (nSPS) is 11.2. The minimum absolute atomic E-state index is 0.0261. The number of nitrogens with one attached hydrogen (secondary N) is 2. The maximum absolute atomic E-state index is 12.9. The van der Waals surface area contributed by atoms with Crippen LogP contribution in [0.2, 0.25) is 5.02 Å². The number of benzene rings is 2. The van der Waals surface area contributed by atoms with Crippen LogP contribution in [0.25, 0.3) is 10.4 Å². The van der Waals surface area contributed by atoms with Gasteiger partial charge in [-0.2, -0.15) is 13.2 Å². The molecule has 0 aliphatic heterocycles. The van der Waals surface area contributed by atoms with E-state index in [1.807, 2.05) is 17.5 Å². The Morgan fingerprint density at radius 3 is 2.35 bits per heavy atom. The Labute approximate surface area is 201 Å². The molecule has 0 aliphatic carbocycles. The summed E-state index contributed by atoms with van der Waals surface area (Å²) < 4.78 is 38.8. The first-order valence-electron chi connectivity index (χ1n) is 9.78. The molecule has 0 bridgehead atoms. The first kappa shape index (κ1) is 23.5. The van der Waals surface area contributed by atoms with Crippen LogP contribution in [-0.2, 0) is 6.18 Å². The molecule has 0 atom stereocenters. The lowest BCUT2D eigenvalue weighted by molar-refractivity contribution is -0.137. The quantitative estimate of drug-likeness (QED) is 0.309. The Kier molecular flexibility index (Phi) is 6.67. The van der Waals surface area contributed by atoms with Crippen molar-refractivity contribution >= 4 is 46.1 Å². The van der Waals surface area contributed by atoms with E-state index in [1.54, 1.807) is 12.3 Å². The van der Waals surface area contributed by atoms with Crippen molar-refractivity contribution in [1.29, 1.82) is 0 Å². The Morgan fingerprint density at radius 1 is 0.853 bits per heavy atom. The number of halogens is 4. The topological polar surface area (TPSA) is 71.1 Å². The molecule has 2 amide bonds. The van der Waals surface area contributed by atoms with Crippen LogP contribution >= 0.6 is 22.9 Å². The summed E-state index contributed by atoms with van der Waals surface area (Å²) in [6.45, 7) is 0. The summed E-state index contributed by atoms with van der Waals surface area (Å²) in [6.07, 6.45) is -1.47. The van der Waals surface area contributed by atoms with E-state index in [4.69, 9.17) is 11.6 Å². The highest BCUT2D eigenvalue weighted by Gasteiger charge is 2.30. The number of anilines is 2. The zero-order valence-corrected chi connectivity index (χ0v) is 18.8. The number of carbonyl (C=O) groups is 2. The number of nitrogens with zero attached hydrogens (tertiary/aromatic N) is 1. The Bertz CT molecular complexity index is 1360. The van der Waals surface area contributed by atoms with Crippen LogP contribution in [-0.4, -0.2) is 16.8 Å². The maximum atomic E-state index is 12.9. The van der Waals surface area contributed by atoms with E-state index in [1.165, 1.54) is 47.9 Å². The molecule has 2 N–H and O–H groups in total. The average Bonchev–Trinajstić information content (AvgIpc) is 3.33. The number of amides is 2. The molecule has 0 aliphatic rings. The zero-order valence-electron chi connectivity index (χ0n) is 17.2. The number of hydrogen-bond acceptors (Lipinski definition) is 4. The molecule has 5 nitrogen and oxygen atoms in total. The lowest BCUT2D eigenvalue weighted by Crippen LogP contribution is -2.15. The van der Waals surface area contributed by atoms with Crippen molar-refractivity contribution < 1.29 is 22.8 Å². The van der Waals surface area contributed by atoms with Gasteiger partial charge in [0.15, 0.2) is 0 Å². The van der Waals surface area contributed by atoms with Gasteiger partial charge in [-0.3, -0.25) is 14.6 Å². The summed E-state index contributed by atoms with van der Waals surface area (Å²) in [5.74, 6) is -1.14. The largest absolute Gasteiger partial charge is 0.416 e. The van der Waals surface area contributed by atoms with Gasteiger partial charge >= 0.3 is 6.18 Å². The second-order valence-electron chi connectivity index (χ2n) is 7.15. The van der Waals surface area contributed by atoms with Gasteiger partial charge in [0.2, 0.25) is 0 Å². The number of carbonyl (C=O) groups excluding carboxylic acids is 2. The molecule has 4 rings (SSSR count). The van der Waals surface area contributed by atoms with Crippen molar-refractivity contribution in [3.8, 4) is 10.4 Å². The van der Waals surface area contributed by atoms with Gasteiger partial charge in [-0.05, 0) is 53.9 Å². The predicted octanol–water partition coefficient (Wildman–Crippen LogP) is 6.99. The predicted molar refractivity (Wildman–Crippen MR) is 126 cm³/mol. The first-order valence-corrected chi connectivity index (χ1v) is 11.0. The minimum atomic E-state index is -4.54. The van der Waals surface area contributed by atoms with Gasteiger partial charge in [-0.25, -0.2) is 0 Å². The number of aromatic nitrogens is 1. The highest BCUT2D eigenvalue weighted by molar-refractivity contribution is 7.13. The van der Waals surface area contributed by atoms with Gasteiger partial charge < -0.3 is 10.6 Å². The maximum Gasteiger partial charge on any atom is 0.416 e. The molecule has 2 aromatic carbocycles. The van der Waals surface area contributed by atoms with Crippen LogP contribution in [0, 0.1) is 0 Å². The summed E-state index contributed by atoms with van der Waals surface area (Å²) in [6, 6.07) is 14.0. The average molecular weight is 502 g/mol. The summed E-state index contributed by atoms with van der Waals surface area (Å²) >= 11 is 7.63. The summed E-state index contributed by atoms with van der Waals surface area (Å²) in [7, 11) is 0. The molecule has 0 saturated carbocycles. The molecule has 0 saturated heterocycles. The molecule has 0 unspecified atom stereocenters. The highest BCUT2D eigenvalue weighted by atomic mass is 35.5. The lowest BCUT2D eigenvalue weighted by Gasteiger charge is -2.11. The van der Waals surface area contributed by atoms with Crippen molar-refractivity contribution in [3.05, 3.63) is 100 Å². The van der Waals surface area contributed by atoms with Crippen molar-refractivity contribution in [1.82, 2.24) is 4.98 Å². The Hall–Kier alpha value is -3.69. The molecule has 0 fully saturated rings. The molecule has 4 aromatic rings. The molecular formula is C24H15ClF3N3O2S. The van der Waals surface area contributed by atoms with E-state index >= 15 is 0 Å². The molecule has 172 valence electrons. The second-order valence-corrected chi connectivity index (χ2v) is 8.54. The lowest BCUT2D eigenvalue weighted by atomic mass is 10.1. The summed E-state index contributed by atoms with van der Waals surface area (Å²) in [5, 5.41) is 7.17. The zero-order chi connectivity index (χ0) is 24.3. The summed E-state index contributed by atoms with van der Waals surface area (Å²) in [5.41, 5.74) is 0.485. The fourth-order valence-corrected chi connectivity index (χ4v) is 4.06. The third-order valence-electron chi connectivity index (χ3n) is 4.67. The van der Waals surface area contributed by atoms with Crippen LogP contribution in [0.4, 0.5) is 24.5 Å². The van der Waals surface area contributed by atoms with E-state index in [0.29, 0.717) is 5.56 Å². The molecule has 34 heavy (non-hydrogen) atoms. The van der Waals surface area contributed by atoms with Crippen molar-refractivity contribution in [3.63, 3.8) is 0 Å². The number of thiophene rings is 1. The molecule has 0 radical (unpaired) electrons. The van der Waals surface area contributed by atoms with Gasteiger partial charge in [0.25, 0.3) is 11.8 Å². The number of hydrogen-bond donors (Lipinski definition) is 2. The van der Waals surface area contributed by atoms with Crippen LogP contribution in [0.3, 0.4) is 0 Å². The molecule has 0 spiro atoms. The number of rotatable bonds is 5. The molecule has 2 aromatic heterocycles. The van der Waals surface area contributed by atoms with Gasteiger partial charge in [0.1, 0.15) is 0 Å². The van der Waals surface area contributed by atoms with Gasteiger partial charge in [0, 0.05) is 44.8 Å². The Morgan fingerprint density at radius 2 is 1.62 bits per heavy atom. The number of pyridine rings is 1. The van der Waals surface area contributed by atoms with Crippen LogP contribution in [0.5, 0.6) is 0 Å². The third kappa shape index (κ3) is 5.62. The van der Waals surface area contributed by atoms with Gasteiger partial charge in [-0.15, -0.1) is 11.3 Å². The Balaban J connectivity index is 1.52. The molecular weight excluding hydrogens is 487 g/mol. The van der Waals surface area contributed by atoms with Crippen molar-refractivity contribution in [2.24, 2.45) is 0 Å². The molecule has 2 heterocycles. The third-order valence-corrected chi connectivity index (χ3v) is 5.81. The van der Waals surface area contributed by atoms with Gasteiger partial charge in [-0.1, -0.05) is 23.7 Å².